The van der Waals surface area contributed by atoms with Gasteiger partial charge in [0.05, 0.1) is 1.37 Å². The van der Waals surface area contributed by atoms with Crippen LogP contribution in [0.25, 0.3) is 0 Å². The SMILES string of the molecule is [2H]C1(N2Cc3c(NCc4ccc(CC)cc4F)cccc3C2=O)CCC(=O)NC1=O. The smallest absolute Gasteiger partial charge is 0.255 e. The quantitative estimate of drug-likeness (QED) is 0.762. The number of fused-ring (bicyclic) bond motifs is 1. The van der Waals surface area contributed by atoms with E-state index in [9.17, 15) is 18.8 Å². The van der Waals surface area contributed by atoms with Gasteiger partial charge in [-0.15, -0.1) is 0 Å². The number of rotatable bonds is 5. The normalized spacial score (nSPS) is 21.7. The second-order valence-corrected chi connectivity index (χ2v) is 7.18. The van der Waals surface area contributed by atoms with E-state index in [-0.39, 0.29) is 31.7 Å². The number of amides is 3. The Morgan fingerprint density at radius 1 is 1.28 bits per heavy atom. The largest absolute Gasteiger partial charge is 0.381 e. The molecule has 3 amide bonds. The summed E-state index contributed by atoms with van der Waals surface area (Å²) >= 11 is 0. The second kappa shape index (κ2) is 7.66. The van der Waals surface area contributed by atoms with Gasteiger partial charge in [-0.25, -0.2) is 4.39 Å². The van der Waals surface area contributed by atoms with E-state index in [1.165, 1.54) is 11.0 Å². The van der Waals surface area contributed by atoms with Crippen molar-refractivity contribution in [3.05, 3.63) is 64.5 Å². The van der Waals surface area contributed by atoms with Crippen molar-refractivity contribution in [1.29, 1.82) is 0 Å². The summed E-state index contributed by atoms with van der Waals surface area (Å²) in [4.78, 5) is 37.9. The number of carbonyl (C=O) groups excluding carboxylic acids is 3. The highest BCUT2D eigenvalue weighted by molar-refractivity contribution is 6.06. The molecule has 0 radical (unpaired) electrons. The Morgan fingerprint density at radius 3 is 2.83 bits per heavy atom. The number of imide groups is 1. The van der Waals surface area contributed by atoms with Gasteiger partial charge in [0.15, 0.2) is 0 Å². The van der Waals surface area contributed by atoms with Crippen LogP contribution in [0.2, 0.25) is 0 Å². The third-order valence-corrected chi connectivity index (χ3v) is 5.39. The summed E-state index contributed by atoms with van der Waals surface area (Å²) in [5, 5.41) is 5.33. The van der Waals surface area contributed by atoms with Gasteiger partial charge in [-0.2, -0.15) is 0 Å². The molecule has 0 saturated carbocycles. The Labute approximate surface area is 169 Å². The van der Waals surface area contributed by atoms with Gasteiger partial charge in [0, 0.05) is 41.9 Å². The van der Waals surface area contributed by atoms with Gasteiger partial charge in [0.2, 0.25) is 11.8 Å². The fraction of sp³-hybridized carbons (Fsp3) is 0.318. The Morgan fingerprint density at radius 2 is 2.10 bits per heavy atom. The third-order valence-electron chi connectivity index (χ3n) is 5.39. The number of nitrogens with zero attached hydrogens (tertiary/aromatic N) is 1. The van der Waals surface area contributed by atoms with E-state index in [0.29, 0.717) is 22.4 Å². The molecule has 4 rings (SSSR count). The predicted molar refractivity (Wildman–Crippen MR) is 106 cm³/mol. The number of hydrogen-bond donors (Lipinski definition) is 2. The minimum atomic E-state index is -1.83. The molecule has 29 heavy (non-hydrogen) atoms. The molecule has 1 atom stereocenters. The second-order valence-electron chi connectivity index (χ2n) is 7.18. The first-order valence-electron chi connectivity index (χ1n) is 10.1. The molecule has 0 aliphatic carbocycles. The fourth-order valence-corrected chi connectivity index (χ4v) is 3.73. The maximum absolute atomic E-state index is 14.3. The van der Waals surface area contributed by atoms with Crippen LogP contribution < -0.4 is 10.6 Å². The summed E-state index contributed by atoms with van der Waals surface area (Å²) in [5.74, 6) is -1.94. The summed E-state index contributed by atoms with van der Waals surface area (Å²) in [5.41, 5.74) is 3.14. The molecule has 1 saturated heterocycles. The fourth-order valence-electron chi connectivity index (χ4n) is 3.73. The van der Waals surface area contributed by atoms with Crippen LogP contribution in [0.5, 0.6) is 0 Å². The predicted octanol–water partition coefficient (Wildman–Crippen LogP) is 2.76. The lowest BCUT2D eigenvalue weighted by atomic mass is 10.0. The van der Waals surface area contributed by atoms with Gasteiger partial charge in [-0.05, 0) is 36.6 Å². The van der Waals surface area contributed by atoms with Crippen LogP contribution in [0.3, 0.4) is 0 Å². The van der Waals surface area contributed by atoms with Crippen LogP contribution >= 0.6 is 0 Å². The molecule has 6 nitrogen and oxygen atoms in total. The highest BCUT2D eigenvalue weighted by atomic mass is 19.1. The molecule has 2 aliphatic heterocycles. The van der Waals surface area contributed by atoms with E-state index >= 15 is 0 Å². The van der Waals surface area contributed by atoms with Crippen molar-refractivity contribution in [2.45, 2.75) is 45.3 Å². The number of carbonyl (C=O) groups is 3. The lowest BCUT2D eigenvalue weighted by molar-refractivity contribution is -0.136. The zero-order valence-electron chi connectivity index (χ0n) is 17.0. The molecule has 150 valence electrons. The molecule has 2 aromatic carbocycles. The van der Waals surface area contributed by atoms with E-state index < -0.39 is 23.7 Å². The summed E-state index contributed by atoms with van der Waals surface area (Å²) in [6, 6.07) is 8.45. The zero-order valence-corrected chi connectivity index (χ0v) is 16.0. The van der Waals surface area contributed by atoms with E-state index in [0.717, 1.165) is 12.0 Å². The lowest BCUT2D eigenvalue weighted by Crippen LogP contribution is -2.52. The molecule has 2 aliphatic rings. The van der Waals surface area contributed by atoms with Crippen LogP contribution in [-0.2, 0) is 29.1 Å². The maximum Gasteiger partial charge on any atom is 0.255 e. The van der Waals surface area contributed by atoms with Gasteiger partial charge in [0.25, 0.3) is 5.91 Å². The van der Waals surface area contributed by atoms with Crippen LogP contribution in [0.15, 0.2) is 36.4 Å². The van der Waals surface area contributed by atoms with Crippen molar-refractivity contribution in [3.8, 4) is 0 Å². The van der Waals surface area contributed by atoms with Crippen LogP contribution in [-0.4, -0.2) is 28.6 Å². The number of halogens is 1. The molecule has 2 heterocycles. The topological polar surface area (TPSA) is 78.5 Å². The number of hydrogen-bond acceptors (Lipinski definition) is 4. The van der Waals surface area contributed by atoms with Crippen molar-refractivity contribution in [2.75, 3.05) is 5.32 Å². The maximum atomic E-state index is 14.3. The average molecular weight is 396 g/mol. The summed E-state index contributed by atoms with van der Waals surface area (Å²) < 4.78 is 22.9. The third kappa shape index (κ3) is 3.60. The van der Waals surface area contributed by atoms with Gasteiger partial charge < -0.3 is 10.2 Å². The first kappa shape index (κ1) is 17.8. The summed E-state index contributed by atoms with van der Waals surface area (Å²) in [6.07, 6.45) is 0.714. The van der Waals surface area contributed by atoms with Crippen molar-refractivity contribution < 1.29 is 20.1 Å². The van der Waals surface area contributed by atoms with Crippen molar-refractivity contribution in [2.24, 2.45) is 0 Å². The zero-order chi connectivity index (χ0) is 21.5. The molecule has 7 heteroatoms. The van der Waals surface area contributed by atoms with E-state index in [1.54, 1.807) is 24.3 Å². The van der Waals surface area contributed by atoms with Crippen molar-refractivity contribution in [1.82, 2.24) is 10.2 Å². The number of aryl methyl sites for hydroxylation is 1. The summed E-state index contributed by atoms with van der Waals surface area (Å²) in [7, 11) is 0. The first-order valence-corrected chi connectivity index (χ1v) is 9.63. The van der Waals surface area contributed by atoms with Gasteiger partial charge >= 0.3 is 0 Å². The standard InChI is InChI=1S/C22H22FN3O3/c1-2-13-6-7-14(17(23)10-13)11-24-18-5-3-4-15-16(18)12-26(22(15)29)19-8-9-20(27)25-21(19)28/h3-7,10,19,24H,2,8-9,11-12H2,1H3,(H,25,27,28)/i19D. The highest BCUT2D eigenvalue weighted by Crippen LogP contribution is 2.32. The lowest BCUT2D eigenvalue weighted by Gasteiger charge is -2.29. The van der Waals surface area contributed by atoms with Crippen LogP contribution in [0.1, 0.15) is 48.2 Å². The van der Waals surface area contributed by atoms with Gasteiger partial charge in [-0.1, -0.05) is 25.1 Å². The molecule has 1 unspecified atom stereocenters. The molecule has 2 aromatic rings. The van der Waals surface area contributed by atoms with E-state index in [4.69, 9.17) is 1.37 Å². The van der Waals surface area contributed by atoms with Crippen molar-refractivity contribution >= 4 is 23.4 Å². The minimum absolute atomic E-state index is 0.00745. The Balaban J connectivity index is 1.56. The molecule has 0 bridgehead atoms. The van der Waals surface area contributed by atoms with Crippen LogP contribution in [0.4, 0.5) is 10.1 Å². The summed E-state index contributed by atoms with van der Waals surface area (Å²) in [6.45, 7) is 2.27. The van der Waals surface area contributed by atoms with E-state index in [1.807, 2.05) is 13.0 Å². The number of anilines is 1. The molecule has 2 N–H and O–H groups in total. The Hall–Kier alpha value is -3.22. The highest BCUT2D eigenvalue weighted by Gasteiger charge is 2.39. The molecule has 0 aromatic heterocycles. The van der Waals surface area contributed by atoms with Gasteiger partial charge in [-0.3, -0.25) is 19.7 Å². The van der Waals surface area contributed by atoms with Crippen LogP contribution in [0, 0.1) is 5.82 Å². The van der Waals surface area contributed by atoms with Crippen molar-refractivity contribution in [3.63, 3.8) is 0 Å². The number of nitrogens with one attached hydrogen (secondary N) is 2. The molecule has 1 fully saturated rings. The van der Waals surface area contributed by atoms with Gasteiger partial charge in [0.1, 0.15) is 11.8 Å². The minimum Gasteiger partial charge on any atom is -0.381 e. The monoisotopic (exact) mass is 396 g/mol. The Bertz CT molecular complexity index is 1060. The number of benzene rings is 2. The molecular weight excluding hydrogens is 373 g/mol. The average Bonchev–Trinajstić information content (AvgIpc) is 3.08. The van der Waals surface area contributed by atoms with E-state index in [2.05, 4.69) is 10.6 Å². The first-order chi connectivity index (χ1) is 14.3. The molecular formula is C22H22FN3O3. The number of piperidine rings is 1. The molecule has 0 spiro atoms. The Kier molecular flexibility index (Phi) is 4.71.